The van der Waals surface area contributed by atoms with E-state index in [9.17, 15) is 0 Å². The summed E-state index contributed by atoms with van der Waals surface area (Å²) in [6.07, 6.45) is 3.89. The van der Waals surface area contributed by atoms with Crippen molar-refractivity contribution in [2.75, 3.05) is 25.7 Å². The Balaban J connectivity index is 1.46. The van der Waals surface area contributed by atoms with Crippen LogP contribution in [0.2, 0.25) is 0 Å². The second-order valence-corrected chi connectivity index (χ2v) is 8.77. The minimum atomic E-state index is -0.106. The van der Waals surface area contributed by atoms with Crippen LogP contribution in [0.25, 0.3) is 0 Å². The van der Waals surface area contributed by atoms with E-state index in [-0.39, 0.29) is 12.1 Å². The van der Waals surface area contributed by atoms with Gasteiger partial charge in [0.1, 0.15) is 23.3 Å². The van der Waals surface area contributed by atoms with Gasteiger partial charge in [0, 0.05) is 37.4 Å². The second-order valence-electron chi connectivity index (χ2n) is 8.39. The quantitative estimate of drug-likeness (QED) is 0.304. The third-order valence-electron chi connectivity index (χ3n) is 6.21. The lowest BCUT2D eigenvalue weighted by atomic mass is 10.0. The van der Waals surface area contributed by atoms with Gasteiger partial charge in [-0.25, -0.2) is 0 Å². The molecule has 0 bridgehead atoms. The maximum absolute atomic E-state index is 6.02. The Kier molecular flexibility index (Phi) is 7.16. The van der Waals surface area contributed by atoms with E-state index in [1.54, 1.807) is 14.2 Å². The van der Waals surface area contributed by atoms with E-state index in [4.69, 9.17) is 26.4 Å². The molecule has 2 aromatic carbocycles. The molecule has 2 aromatic heterocycles. The first-order valence-corrected chi connectivity index (χ1v) is 12.2. The number of ether oxygens (including phenoxy) is 3. The Morgan fingerprint density at radius 1 is 0.889 bits per heavy atom. The van der Waals surface area contributed by atoms with Crippen LogP contribution in [0, 0.1) is 0 Å². The second kappa shape index (κ2) is 10.8. The van der Waals surface area contributed by atoms with Crippen LogP contribution in [0.3, 0.4) is 0 Å². The molecule has 3 heterocycles. The number of aromatic nitrogens is 2. The van der Waals surface area contributed by atoms with Crippen molar-refractivity contribution in [3.05, 3.63) is 103 Å². The highest BCUT2D eigenvalue weighted by atomic mass is 32.1. The summed E-state index contributed by atoms with van der Waals surface area (Å²) in [4.78, 5) is 6.79. The number of hydrogen-bond acceptors (Lipinski definition) is 5. The topological polar surface area (TPSA) is 60.8 Å². The number of thiocarbonyl (C=S) groups is 1. The van der Waals surface area contributed by atoms with Crippen molar-refractivity contribution in [2.24, 2.45) is 0 Å². The van der Waals surface area contributed by atoms with Crippen molar-refractivity contribution in [3.63, 3.8) is 0 Å². The Morgan fingerprint density at radius 3 is 2.28 bits per heavy atom. The van der Waals surface area contributed by atoms with Gasteiger partial charge in [-0.1, -0.05) is 6.07 Å². The molecule has 0 aliphatic carbocycles. The number of nitrogens with zero attached hydrogens (tertiary/aromatic N) is 3. The molecule has 8 heteroatoms. The van der Waals surface area contributed by atoms with Crippen LogP contribution in [0.5, 0.6) is 17.2 Å². The van der Waals surface area contributed by atoms with Gasteiger partial charge >= 0.3 is 0 Å². The molecule has 0 saturated carbocycles. The molecule has 1 fully saturated rings. The number of hydrogen-bond donors (Lipinski definition) is 1. The lowest BCUT2D eigenvalue weighted by Crippen LogP contribution is -2.30. The molecule has 0 unspecified atom stereocenters. The van der Waals surface area contributed by atoms with Crippen LogP contribution in [-0.4, -0.2) is 35.5 Å². The van der Waals surface area contributed by atoms with Crippen LogP contribution in [-0.2, 0) is 11.3 Å². The average molecular weight is 501 g/mol. The zero-order chi connectivity index (χ0) is 24.9. The molecule has 1 aliphatic heterocycles. The summed E-state index contributed by atoms with van der Waals surface area (Å²) >= 11 is 5.85. The summed E-state index contributed by atoms with van der Waals surface area (Å²) in [5.41, 5.74) is 3.04. The molecule has 4 aromatic rings. The molecule has 36 heavy (non-hydrogen) atoms. The van der Waals surface area contributed by atoms with Gasteiger partial charge < -0.3 is 29.0 Å². The summed E-state index contributed by atoms with van der Waals surface area (Å²) in [6.45, 7) is 1.37. The summed E-state index contributed by atoms with van der Waals surface area (Å²) in [5, 5.41) is 4.16. The predicted molar refractivity (Wildman–Crippen MR) is 144 cm³/mol. The Bertz CT molecular complexity index is 1290. The number of benzene rings is 2. The van der Waals surface area contributed by atoms with E-state index in [0.29, 0.717) is 11.7 Å². The first-order valence-electron chi connectivity index (χ1n) is 11.7. The van der Waals surface area contributed by atoms with E-state index < -0.39 is 0 Å². The zero-order valence-electron chi connectivity index (χ0n) is 20.2. The third-order valence-corrected chi connectivity index (χ3v) is 6.53. The number of pyridine rings is 1. The van der Waals surface area contributed by atoms with Gasteiger partial charge in [0.15, 0.2) is 5.11 Å². The zero-order valence-corrected chi connectivity index (χ0v) is 21.0. The monoisotopic (exact) mass is 500 g/mol. The molecule has 2 atom stereocenters. The first kappa shape index (κ1) is 23.8. The molecule has 184 valence electrons. The van der Waals surface area contributed by atoms with E-state index >= 15 is 0 Å². The standard InChI is InChI=1S/C28H28N4O3S/c1-33-19-18-31-17-5-7-25(31)27-26(24-6-3-4-16-29-24)30-28(36)32(27)20-8-10-22(11-9-20)35-23-14-12-21(34-2)13-15-23/h3-17,26-27H,18-19H2,1-2H3,(H,30,36)/t26-,27+/m1/s1. The van der Waals surface area contributed by atoms with Crippen molar-refractivity contribution < 1.29 is 14.2 Å². The highest BCUT2D eigenvalue weighted by Gasteiger charge is 2.42. The van der Waals surface area contributed by atoms with E-state index in [1.807, 2.05) is 72.9 Å². The smallest absolute Gasteiger partial charge is 0.174 e. The summed E-state index contributed by atoms with van der Waals surface area (Å²) in [7, 11) is 3.36. The van der Waals surface area contributed by atoms with E-state index in [0.717, 1.165) is 40.9 Å². The van der Waals surface area contributed by atoms with Crippen molar-refractivity contribution >= 4 is 23.0 Å². The molecular weight excluding hydrogens is 472 g/mol. The molecule has 1 N–H and O–H groups in total. The van der Waals surface area contributed by atoms with Gasteiger partial charge in [0.25, 0.3) is 0 Å². The lowest BCUT2D eigenvalue weighted by molar-refractivity contribution is 0.186. The SMILES string of the molecule is COCCn1cccc1[C@H]1[C@@H](c2ccccn2)NC(=S)N1c1ccc(Oc2ccc(OC)cc2)cc1. The maximum atomic E-state index is 6.02. The maximum Gasteiger partial charge on any atom is 0.174 e. The summed E-state index contributed by atoms with van der Waals surface area (Å²) < 4.78 is 18.8. The van der Waals surface area contributed by atoms with Gasteiger partial charge in [-0.15, -0.1) is 0 Å². The fourth-order valence-electron chi connectivity index (χ4n) is 4.48. The van der Waals surface area contributed by atoms with Crippen molar-refractivity contribution in [3.8, 4) is 17.2 Å². The van der Waals surface area contributed by atoms with Crippen molar-refractivity contribution in [1.82, 2.24) is 14.9 Å². The van der Waals surface area contributed by atoms with Crippen LogP contribution < -0.4 is 19.7 Å². The molecule has 1 saturated heterocycles. The van der Waals surface area contributed by atoms with Gasteiger partial charge in [-0.05, 0) is 85.0 Å². The number of nitrogens with one attached hydrogen (secondary N) is 1. The summed E-state index contributed by atoms with van der Waals surface area (Å²) in [6, 6.07) is 25.4. The van der Waals surface area contributed by atoms with Gasteiger partial charge in [0.2, 0.25) is 0 Å². The lowest BCUT2D eigenvalue weighted by Gasteiger charge is -2.29. The van der Waals surface area contributed by atoms with Crippen LogP contribution in [0.15, 0.2) is 91.3 Å². The highest BCUT2D eigenvalue weighted by Crippen LogP contribution is 2.42. The minimum absolute atomic E-state index is 0.0902. The van der Waals surface area contributed by atoms with Crippen molar-refractivity contribution in [1.29, 1.82) is 0 Å². The first-order chi connectivity index (χ1) is 17.7. The van der Waals surface area contributed by atoms with Crippen molar-refractivity contribution in [2.45, 2.75) is 18.6 Å². The number of anilines is 1. The van der Waals surface area contributed by atoms with Gasteiger partial charge in [-0.2, -0.15) is 0 Å². The Morgan fingerprint density at radius 2 is 1.61 bits per heavy atom. The molecule has 1 aliphatic rings. The number of methoxy groups -OCH3 is 2. The number of rotatable bonds is 9. The fraction of sp³-hybridized carbons (Fsp3) is 0.214. The molecule has 7 nitrogen and oxygen atoms in total. The predicted octanol–water partition coefficient (Wildman–Crippen LogP) is 5.51. The normalized spacial score (nSPS) is 17.2. The van der Waals surface area contributed by atoms with Gasteiger partial charge in [0.05, 0.1) is 25.5 Å². The fourth-order valence-corrected chi connectivity index (χ4v) is 4.82. The molecular formula is C28H28N4O3S. The third kappa shape index (κ3) is 4.91. The molecule has 0 spiro atoms. The van der Waals surface area contributed by atoms with Gasteiger partial charge in [-0.3, -0.25) is 4.98 Å². The van der Waals surface area contributed by atoms with E-state index in [1.165, 1.54) is 0 Å². The summed E-state index contributed by atoms with van der Waals surface area (Å²) in [5.74, 6) is 2.27. The Hall–Kier alpha value is -3.88. The molecule has 0 amide bonds. The minimum Gasteiger partial charge on any atom is -0.497 e. The Labute approximate surface area is 216 Å². The molecule has 0 radical (unpaired) electrons. The van der Waals surface area contributed by atoms with Crippen LogP contribution in [0.1, 0.15) is 23.5 Å². The van der Waals surface area contributed by atoms with Crippen LogP contribution >= 0.6 is 12.2 Å². The average Bonchev–Trinajstić information content (AvgIpc) is 3.52. The largest absolute Gasteiger partial charge is 0.497 e. The van der Waals surface area contributed by atoms with Crippen LogP contribution in [0.4, 0.5) is 5.69 Å². The van der Waals surface area contributed by atoms with E-state index in [2.05, 4.69) is 38.1 Å². The molecule has 5 rings (SSSR count). The highest BCUT2D eigenvalue weighted by molar-refractivity contribution is 7.80.